The molecule has 16 heavy (non-hydrogen) atoms. The Morgan fingerprint density at radius 3 is 2.88 bits per heavy atom. The normalized spacial score (nSPS) is 10.6. The summed E-state index contributed by atoms with van der Waals surface area (Å²) in [6.07, 6.45) is 0. The lowest BCUT2D eigenvalue weighted by molar-refractivity contribution is 0.0995. The zero-order valence-electron chi connectivity index (χ0n) is 8.96. The molecular weight excluding hydrogens is 222 g/mol. The Labute approximate surface area is 99.2 Å². The van der Waals surface area contributed by atoms with Crippen LogP contribution in [0.3, 0.4) is 0 Å². The Bertz CT molecular complexity index is 536. The van der Waals surface area contributed by atoms with Gasteiger partial charge in [0, 0.05) is 10.6 Å². The summed E-state index contributed by atoms with van der Waals surface area (Å²) in [4.78, 5) is 11.8. The first kappa shape index (κ1) is 11.1. The van der Waals surface area contributed by atoms with Crippen molar-refractivity contribution in [2.45, 2.75) is 0 Å². The van der Waals surface area contributed by atoms with Gasteiger partial charge in [0.15, 0.2) is 5.78 Å². The molecule has 0 amide bonds. The second-order valence-corrected chi connectivity index (χ2v) is 4.06. The van der Waals surface area contributed by atoms with E-state index in [1.54, 1.807) is 13.1 Å². The van der Waals surface area contributed by atoms with Crippen LogP contribution in [0.2, 0.25) is 5.02 Å². The standard InChI is InChI=1S/C13H12ClNO/c1-15-8-13(16)12-4-2-3-9-7-10(14)5-6-11(9)12/h2-7,15H,8H2,1H3. The highest BCUT2D eigenvalue weighted by molar-refractivity contribution is 6.31. The van der Waals surface area contributed by atoms with E-state index in [2.05, 4.69) is 5.32 Å². The summed E-state index contributed by atoms with van der Waals surface area (Å²) in [5, 5.41) is 5.50. The molecule has 0 aliphatic heterocycles. The molecule has 0 aromatic heterocycles. The van der Waals surface area contributed by atoms with E-state index in [0.29, 0.717) is 11.6 Å². The zero-order chi connectivity index (χ0) is 11.5. The van der Waals surface area contributed by atoms with Crippen LogP contribution >= 0.6 is 11.6 Å². The van der Waals surface area contributed by atoms with Crippen molar-refractivity contribution < 1.29 is 4.79 Å². The first-order valence-corrected chi connectivity index (χ1v) is 5.46. The molecule has 0 spiro atoms. The fraction of sp³-hybridized carbons (Fsp3) is 0.154. The van der Waals surface area contributed by atoms with Gasteiger partial charge in [-0.05, 0) is 30.0 Å². The average molecular weight is 234 g/mol. The number of carbonyl (C=O) groups excluding carboxylic acids is 1. The second-order valence-electron chi connectivity index (χ2n) is 3.62. The predicted octanol–water partition coefficient (Wildman–Crippen LogP) is 2.90. The lowest BCUT2D eigenvalue weighted by Gasteiger charge is -2.05. The van der Waals surface area contributed by atoms with Crippen molar-refractivity contribution in [2.75, 3.05) is 13.6 Å². The maximum Gasteiger partial charge on any atom is 0.177 e. The van der Waals surface area contributed by atoms with Crippen LogP contribution in [0.5, 0.6) is 0 Å². The molecular formula is C13H12ClNO. The number of carbonyl (C=O) groups is 1. The minimum absolute atomic E-state index is 0.0930. The lowest BCUT2D eigenvalue weighted by atomic mass is 10.0. The van der Waals surface area contributed by atoms with Gasteiger partial charge in [0.25, 0.3) is 0 Å². The Balaban J connectivity index is 2.58. The van der Waals surface area contributed by atoms with E-state index in [9.17, 15) is 4.79 Å². The van der Waals surface area contributed by atoms with Gasteiger partial charge in [0.2, 0.25) is 0 Å². The number of halogens is 1. The van der Waals surface area contributed by atoms with E-state index >= 15 is 0 Å². The van der Waals surface area contributed by atoms with Crippen LogP contribution in [0.15, 0.2) is 36.4 Å². The molecule has 0 heterocycles. The maximum atomic E-state index is 11.8. The maximum absolute atomic E-state index is 11.8. The van der Waals surface area contributed by atoms with E-state index in [0.717, 1.165) is 16.3 Å². The molecule has 0 fully saturated rings. The minimum atomic E-state index is 0.0930. The number of rotatable bonds is 3. The zero-order valence-corrected chi connectivity index (χ0v) is 9.71. The van der Waals surface area contributed by atoms with Gasteiger partial charge in [-0.25, -0.2) is 0 Å². The number of fused-ring (bicyclic) bond motifs is 1. The molecule has 82 valence electrons. The summed E-state index contributed by atoms with van der Waals surface area (Å²) in [5.74, 6) is 0.0930. The Kier molecular flexibility index (Phi) is 3.22. The molecule has 1 N–H and O–H groups in total. The van der Waals surface area contributed by atoms with Crippen LogP contribution in [0, 0.1) is 0 Å². The number of hydrogen-bond acceptors (Lipinski definition) is 2. The molecule has 2 nitrogen and oxygen atoms in total. The summed E-state index contributed by atoms with van der Waals surface area (Å²) in [6, 6.07) is 11.2. The quantitative estimate of drug-likeness (QED) is 0.826. The predicted molar refractivity (Wildman–Crippen MR) is 67.2 cm³/mol. The average Bonchev–Trinajstić information content (AvgIpc) is 2.28. The molecule has 2 aromatic rings. The van der Waals surface area contributed by atoms with E-state index in [1.807, 2.05) is 30.3 Å². The number of benzene rings is 2. The van der Waals surface area contributed by atoms with Gasteiger partial charge in [-0.15, -0.1) is 0 Å². The third kappa shape index (κ3) is 2.08. The van der Waals surface area contributed by atoms with Gasteiger partial charge in [0.1, 0.15) is 0 Å². The Morgan fingerprint density at radius 1 is 1.31 bits per heavy atom. The number of likely N-dealkylation sites (N-methyl/N-ethyl adjacent to an activating group) is 1. The number of nitrogens with one attached hydrogen (secondary N) is 1. The topological polar surface area (TPSA) is 29.1 Å². The van der Waals surface area contributed by atoms with Crippen LogP contribution in [-0.4, -0.2) is 19.4 Å². The van der Waals surface area contributed by atoms with Crippen molar-refractivity contribution in [1.29, 1.82) is 0 Å². The molecule has 0 radical (unpaired) electrons. The highest BCUT2D eigenvalue weighted by Gasteiger charge is 2.08. The minimum Gasteiger partial charge on any atom is -0.313 e. The Hall–Kier alpha value is -1.38. The molecule has 0 aliphatic carbocycles. The lowest BCUT2D eigenvalue weighted by Crippen LogP contribution is -2.18. The van der Waals surface area contributed by atoms with Crippen LogP contribution in [0.4, 0.5) is 0 Å². The van der Waals surface area contributed by atoms with Gasteiger partial charge in [-0.3, -0.25) is 4.79 Å². The molecule has 0 atom stereocenters. The summed E-state index contributed by atoms with van der Waals surface area (Å²) in [7, 11) is 1.76. The molecule has 0 saturated carbocycles. The monoisotopic (exact) mass is 233 g/mol. The van der Waals surface area contributed by atoms with Gasteiger partial charge >= 0.3 is 0 Å². The fourth-order valence-corrected chi connectivity index (χ4v) is 1.93. The highest BCUT2D eigenvalue weighted by Crippen LogP contribution is 2.22. The van der Waals surface area contributed by atoms with Gasteiger partial charge in [-0.2, -0.15) is 0 Å². The second kappa shape index (κ2) is 4.64. The van der Waals surface area contributed by atoms with Crippen molar-refractivity contribution in [2.24, 2.45) is 0 Å². The fourth-order valence-electron chi connectivity index (χ4n) is 1.75. The van der Waals surface area contributed by atoms with Gasteiger partial charge in [0.05, 0.1) is 6.54 Å². The van der Waals surface area contributed by atoms with Crippen molar-refractivity contribution in [1.82, 2.24) is 5.32 Å². The van der Waals surface area contributed by atoms with Crippen LogP contribution in [-0.2, 0) is 0 Å². The van der Waals surface area contributed by atoms with Gasteiger partial charge in [-0.1, -0.05) is 35.9 Å². The van der Waals surface area contributed by atoms with Crippen LogP contribution in [0.25, 0.3) is 10.8 Å². The van der Waals surface area contributed by atoms with Crippen LogP contribution < -0.4 is 5.32 Å². The first-order chi connectivity index (χ1) is 7.72. The largest absolute Gasteiger partial charge is 0.313 e. The van der Waals surface area contributed by atoms with Gasteiger partial charge < -0.3 is 5.32 Å². The number of ketones is 1. The SMILES string of the molecule is CNCC(=O)c1cccc2cc(Cl)ccc12. The number of hydrogen-bond donors (Lipinski definition) is 1. The smallest absolute Gasteiger partial charge is 0.177 e. The molecule has 0 aliphatic rings. The Morgan fingerprint density at radius 2 is 2.12 bits per heavy atom. The third-order valence-corrected chi connectivity index (χ3v) is 2.72. The number of Topliss-reactive ketones (excluding diaryl/α,β-unsaturated/α-hetero) is 1. The van der Waals surface area contributed by atoms with E-state index in [4.69, 9.17) is 11.6 Å². The molecule has 0 bridgehead atoms. The van der Waals surface area contributed by atoms with Crippen molar-refractivity contribution >= 4 is 28.2 Å². The molecule has 0 saturated heterocycles. The van der Waals surface area contributed by atoms with Crippen LogP contribution in [0.1, 0.15) is 10.4 Å². The summed E-state index contributed by atoms with van der Waals surface area (Å²) in [6.45, 7) is 0.349. The van der Waals surface area contributed by atoms with E-state index < -0.39 is 0 Å². The third-order valence-electron chi connectivity index (χ3n) is 2.48. The summed E-state index contributed by atoms with van der Waals surface area (Å²) < 4.78 is 0. The summed E-state index contributed by atoms with van der Waals surface area (Å²) >= 11 is 5.91. The molecule has 0 unspecified atom stereocenters. The summed E-state index contributed by atoms with van der Waals surface area (Å²) in [5.41, 5.74) is 0.739. The van der Waals surface area contributed by atoms with E-state index in [1.165, 1.54) is 0 Å². The highest BCUT2D eigenvalue weighted by atomic mass is 35.5. The molecule has 2 rings (SSSR count). The molecule has 2 aromatic carbocycles. The van der Waals surface area contributed by atoms with Crippen molar-refractivity contribution in [3.05, 3.63) is 47.0 Å². The molecule has 3 heteroatoms. The first-order valence-electron chi connectivity index (χ1n) is 5.08. The van der Waals surface area contributed by atoms with E-state index in [-0.39, 0.29) is 5.78 Å². The van der Waals surface area contributed by atoms with Crippen molar-refractivity contribution in [3.8, 4) is 0 Å². The van der Waals surface area contributed by atoms with Crippen molar-refractivity contribution in [3.63, 3.8) is 0 Å².